The Morgan fingerprint density at radius 2 is 1.85 bits per heavy atom. The zero-order valence-corrected chi connectivity index (χ0v) is 15.4. The second-order valence-electron chi connectivity index (χ2n) is 6.02. The van der Waals surface area contributed by atoms with Gasteiger partial charge in [0.05, 0.1) is 6.61 Å². The highest BCUT2D eigenvalue weighted by Crippen LogP contribution is 2.14. The molecule has 0 unspecified atom stereocenters. The SMILES string of the molecule is CCCOc1ccc(C=CC(=O)Nc2cccc(C(=O)N(C)C)c2)cc1. The smallest absolute Gasteiger partial charge is 0.253 e. The second-order valence-corrected chi connectivity index (χ2v) is 6.02. The third-order valence-electron chi connectivity index (χ3n) is 3.56. The molecule has 0 aliphatic rings. The van der Waals surface area contributed by atoms with E-state index >= 15 is 0 Å². The quantitative estimate of drug-likeness (QED) is 0.771. The van der Waals surface area contributed by atoms with E-state index in [1.165, 1.54) is 11.0 Å². The average Bonchev–Trinajstić information content (AvgIpc) is 2.65. The van der Waals surface area contributed by atoms with Crippen molar-refractivity contribution in [3.8, 4) is 5.75 Å². The number of benzene rings is 2. The number of hydrogen-bond acceptors (Lipinski definition) is 3. The number of hydrogen-bond donors (Lipinski definition) is 1. The van der Waals surface area contributed by atoms with Crippen LogP contribution in [0.3, 0.4) is 0 Å². The molecule has 0 saturated carbocycles. The Labute approximate surface area is 154 Å². The molecule has 5 nitrogen and oxygen atoms in total. The van der Waals surface area contributed by atoms with Crippen LogP contribution in [0.1, 0.15) is 29.3 Å². The van der Waals surface area contributed by atoms with Crippen molar-refractivity contribution in [3.63, 3.8) is 0 Å². The minimum atomic E-state index is -0.259. The first-order valence-corrected chi connectivity index (χ1v) is 8.53. The second kappa shape index (κ2) is 9.42. The van der Waals surface area contributed by atoms with Crippen LogP contribution in [0.2, 0.25) is 0 Å². The highest BCUT2D eigenvalue weighted by atomic mass is 16.5. The molecule has 1 N–H and O–H groups in total. The van der Waals surface area contributed by atoms with E-state index in [0.717, 1.165) is 17.7 Å². The highest BCUT2D eigenvalue weighted by Gasteiger charge is 2.08. The number of nitrogens with one attached hydrogen (secondary N) is 1. The molecule has 2 rings (SSSR count). The summed E-state index contributed by atoms with van der Waals surface area (Å²) in [6.07, 6.45) is 4.15. The van der Waals surface area contributed by atoms with Crippen molar-refractivity contribution in [1.82, 2.24) is 4.90 Å². The molecule has 0 heterocycles. The summed E-state index contributed by atoms with van der Waals surface area (Å²) in [5, 5.41) is 2.76. The molecule has 0 saturated heterocycles. The predicted octanol–water partition coefficient (Wildman–Crippen LogP) is 3.83. The van der Waals surface area contributed by atoms with Crippen LogP contribution in [0.25, 0.3) is 6.08 Å². The summed E-state index contributed by atoms with van der Waals surface area (Å²) in [4.78, 5) is 25.6. The van der Waals surface area contributed by atoms with E-state index in [1.54, 1.807) is 44.4 Å². The van der Waals surface area contributed by atoms with Crippen LogP contribution in [-0.2, 0) is 4.79 Å². The highest BCUT2D eigenvalue weighted by molar-refractivity contribution is 6.03. The first-order chi connectivity index (χ1) is 12.5. The summed E-state index contributed by atoms with van der Waals surface area (Å²) in [6, 6.07) is 14.4. The van der Waals surface area contributed by atoms with Crippen molar-refractivity contribution >= 4 is 23.6 Å². The number of rotatable bonds is 7. The Morgan fingerprint density at radius 3 is 2.50 bits per heavy atom. The fourth-order valence-electron chi connectivity index (χ4n) is 2.24. The molecule has 0 bridgehead atoms. The molecule has 2 aromatic rings. The minimum absolute atomic E-state index is 0.109. The van der Waals surface area contributed by atoms with Gasteiger partial charge in [-0.1, -0.05) is 25.1 Å². The van der Waals surface area contributed by atoms with Gasteiger partial charge in [0.1, 0.15) is 5.75 Å². The third-order valence-corrected chi connectivity index (χ3v) is 3.56. The molecular weight excluding hydrogens is 328 g/mol. The number of carbonyl (C=O) groups is 2. The van der Waals surface area contributed by atoms with Gasteiger partial charge in [0.15, 0.2) is 0 Å². The van der Waals surface area contributed by atoms with Crippen molar-refractivity contribution in [2.24, 2.45) is 0 Å². The molecule has 0 atom stereocenters. The molecule has 2 aromatic carbocycles. The van der Waals surface area contributed by atoms with Crippen LogP contribution in [0, 0.1) is 0 Å². The van der Waals surface area contributed by atoms with Gasteiger partial charge in [-0.2, -0.15) is 0 Å². The lowest BCUT2D eigenvalue weighted by Gasteiger charge is -2.11. The van der Waals surface area contributed by atoms with Crippen molar-refractivity contribution in [2.45, 2.75) is 13.3 Å². The molecule has 0 spiro atoms. The zero-order valence-electron chi connectivity index (χ0n) is 15.4. The van der Waals surface area contributed by atoms with Gasteiger partial charge in [0, 0.05) is 31.4 Å². The summed E-state index contributed by atoms with van der Waals surface area (Å²) in [5.74, 6) is 0.448. The van der Waals surface area contributed by atoms with Crippen LogP contribution in [0.4, 0.5) is 5.69 Å². The van der Waals surface area contributed by atoms with E-state index in [4.69, 9.17) is 4.74 Å². The van der Waals surface area contributed by atoms with E-state index in [1.807, 2.05) is 24.3 Å². The maximum absolute atomic E-state index is 12.1. The van der Waals surface area contributed by atoms with Gasteiger partial charge in [-0.15, -0.1) is 0 Å². The summed E-state index contributed by atoms with van der Waals surface area (Å²) >= 11 is 0. The van der Waals surface area contributed by atoms with Crippen molar-refractivity contribution in [3.05, 3.63) is 65.7 Å². The number of amides is 2. The van der Waals surface area contributed by atoms with Gasteiger partial charge in [0.2, 0.25) is 5.91 Å². The fraction of sp³-hybridized carbons (Fsp3) is 0.238. The number of anilines is 1. The average molecular weight is 352 g/mol. The molecule has 26 heavy (non-hydrogen) atoms. The van der Waals surface area contributed by atoms with E-state index in [0.29, 0.717) is 17.9 Å². The Kier molecular flexibility index (Phi) is 6.97. The van der Waals surface area contributed by atoms with Crippen molar-refractivity contribution < 1.29 is 14.3 Å². The largest absolute Gasteiger partial charge is 0.494 e. The fourth-order valence-corrected chi connectivity index (χ4v) is 2.24. The molecule has 136 valence electrons. The van der Waals surface area contributed by atoms with Gasteiger partial charge >= 0.3 is 0 Å². The van der Waals surface area contributed by atoms with Gasteiger partial charge in [0.25, 0.3) is 5.91 Å². The lowest BCUT2D eigenvalue weighted by atomic mass is 10.1. The van der Waals surface area contributed by atoms with Crippen molar-refractivity contribution in [1.29, 1.82) is 0 Å². The van der Waals surface area contributed by atoms with E-state index in [2.05, 4.69) is 12.2 Å². The predicted molar refractivity (Wildman–Crippen MR) is 104 cm³/mol. The molecule has 0 aromatic heterocycles. The zero-order chi connectivity index (χ0) is 18.9. The van der Waals surface area contributed by atoms with Crippen LogP contribution in [0.15, 0.2) is 54.6 Å². The number of ether oxygens (including phenoxy) is 1. The van der Waals surface area contributed by atoms with Crippen LogP contribution in [-0.4, -0.2) is 37.4 Å². The maximum atomic E-state index is 12.1. The lowest BCUT2D eigenvalue weighted by molar-refractivity contribution is -0.111. The monoisotopic (exact) mass is 352 g/mol. The van der Waals surface area contributed by atoms with Gasteiger partial charge < -0.3 is 15.0 Å². The Balaban J connectivity index is 1.97. The Hall–Kier alpha value is -3.08. The molecule has 0 aliphatic carbocycles. The first-order valence-electron chi connectivity index (χ1n) is 8.53. The molecule has 0 fully saturated rings. The molecule has 0 radical (unpaired) electrons. The van der Waals surface area contributed by atoms with Gasteiger partial charge in [-0.25, -0.2) is 0 Å². The summed E-state index contributed by atoms with van der Waals surface area (Å²) in [7, 11) is 3.38. The number of carbonyl (C=O) groups excluding carboxylic acids is 2. The lowest BCUT2D eigenvalue weighted by Crippen LogP contribution is -2.21. The summed E-state index contributed by atoms with van der Waals surface area (Å²) in [6.45, 7) is 2.74. The minimum Gasteiger partial charge on any atom is -0.494 e. The van der Waals surface area contributed by atoms with Crippen molar-refractivity contribution in [2.75, 3.05) is 26.0 Å². The molecule has 2 amide bonds. The van der Waals surface area contributed by atoms with Crippen LogP contribution < -0.4 is 10.1 Å². The van der Waals surface area contributed by atoms with Crippen LogP contribution in [0.5, 0.6) is 5.75 Å². The Morgan fingerprint density at radius 1 is 1.12 bits per heavy atom. The maximum Gasteiger partial charge on any atom is 0.253 e. The van der Waals surface area contributed by atoms with E-state index in [9.17, 15) is 9.59 Å². The molecule has 5 heteroatoms. The first kappa shape index (κ1) is 19.2. The molecular formula is C21H24N2O3. The third kappa shape index (κ3) is 5.77. The molecule has 0 aliphatic heterocycles. The summed E-state index contributed by atoms with van der Waals surface area (Å²) < 4.78 is 5.53. The van der Waals surface area contributed by atoms with E-state index in [-0.39, 0.29) is 11.8 Å². The standard InChI is InChI=1S/C21H24N2O3/c1-4-14-26-19-11-8-16(9-12-19)10-13-20(24)22-18-7-5-6-17(15-18)21(25)23(2)3/h5-13,15H,4,14H2,1-3H3,(H,22,24). The topological polar surface area (TPSA) is 58.6 Å². The van der Waals surface area contributed by atoms with E-state index < -0.39 is 0 Å². The van der Waals surface area contributed by atoms with Gasteiger partial charge in [-0.3, -0.25) is 9.59 Å². The Bertz CT molecular complexity index is 780. The summed E-state index contributed by atoms with van der Waals surface area (Å²) in [5.41, 5.74) is 2.01. The van der Waals surface area contributed by atoms with Gasteiger partial charge in [-0.05, 0) is 48.4 Å². The number of nitrogens with zero attached hydrogens (tertiary/aromatic N) is 1. The normalized spacial score (nSPS) is 10.6. The van der Waals surface area contributed by atoms with Crippen LogP contribution >= 0.6 is 0 Å².